The number of hydrogen-bond acceptors (Lipinski definition) is 3. The molecule has 0 fully saturated rings. The molecule has 2 rings (SSSR count). The van der Waals surface area contributed by atoms with Crippen LogP contribution in [0.25, 0.3) is 0 Å². The number of hydrogen-bond donors (Lipinski definition) is 3. The van der Waals surface area contributed by atoms with Gasteiger partial charge in [0, 0.05) is 29.0 Å². The van der Waals surface area contributed by atoms with Crippen molar-refractivity contribution in [1.29, 1.82) is 0 Å². The maximum Gasteiger partial charge on any atom is 0.251 e. The van der Waals surface area contributed by atoms with Gasteiger partial charge in [-0.05, 0) is 42.8 Å². The van der Waals surface area contributed by atoms with E-state index in [9.17, 15) is 9.59 Å². The molecule has 0 saturated carbocycles. The van der Waals surface area contributed by atoms with Gasteiger partial charge in [0.2, 0.25) is 5.91 Å². The summed E-state index contributed by atoms with van der Waals surface area (Å²) in [6.45, 7) is 1.99. The Kier molecular flexibility index (Phi) is 5.60. The van der Waals surface area contributed by atoms with Gasteiger partial charge in [0.15, 0.2) is 0 Å². The van der Waals surface area contributed by atoms with E-state index in [2.05, 4.69) is 16.0 Å². The summed E-state index contributed by atoms with van der Waals surface area (Å²) < 4.78 is 0. The van der Waals surface area contributed by atoms with Gasteiger partial charge in [-0.1, -0.05) is 23.7 Å². The van der Waals surface area contributed by atoms with E-state index in [0.717, 1.165) is 11.3 Å². The van der Waals surface area contributed by atoms with Crippen LogP contribution in [0.5, 0.6) is 0 Å². The third kappa shape index (κ3) is 4.47. The molecule has 2 aromatic rings. The maximum atomic E-state index is 12.0. The van der Waals surface area contributed by atoms with Crippen molar-refractivity contribution in [2.45, 2.75) is 6.92 Å². The lowest BCUT2D eigenvalue weighted by Crippen LogP contribution is -2.22. The highest BCUT2D eigenvalue weighted by Gasteiger charge is 2.07. The number of amides is 2. The van der Waals surface area contributed by atoms with E-state index in [-0.39, 0.29) is 18.4 Å². The van der Waals surface area contributed by atoms with Gasteiger partial charge in [-0.3, -0.25) is 9.59 Å². The predicted octanol–water partition coefficient (Wildman–Crippen LogP) is 3.06. The van der Waals surface area contributed by atoms with Crippen molar-refractivity contribution in [3.8, 4) is 0 Å². The van der Waals surface area contributed by atoms with Crippen LogP contribution in [0.15, 0.2) is 42.5 Å². The Morgan fingerprint density at radius 1 is 1.13 bits per heavy atom. The number of carbonyl (C=O) groups is 2. The van der Waals surface area contributed by atoms with Crippen molar-refractivity contribution in [1.82, 2.24) is 5.32 Å². The van der Waals surface area contributed by atoms with E-state index in [1.54, 1.807) is 37.4 Å². The molecule has 23 heavy (non-hydrogen) atoms. The molecule has 5 nitrogen and oxygen atoms in total. The highest BCUT2D eigenvalue weighted by molar-refractivity contribution is 6.31. The number of carbonyl (C=O) groups excluding carboxylic acids is 2. The number of nitrogens with one attached hydrogen (secondary N) is 3. The van der Waals surface area contributed by atoms with E-state index >= 15 is 0 Å². The van der Waals surface area contributed by atoms with E-state index in [0.29, 0.717) is 16.3 Å². The summed E-state index contributed by atoms with van der Waals surface area (Å²) in [6.07, 6.45) is 0. The minimum atomic E-state index is -0.210. The van der Waals surface area contributed by atoms with E-state index in [4.69, 9.17) is 11.6 Å². The second kappa shape index (κ2) is 7.65. The zero-order chi connectivity index (χ0) is 16.8. The largest absolute Gasteiger partial charge is 0.376 e. The van der Waals surface area contributed by atoms with Gasteiger partial charge in [0.25, 0.3) is 5.91 Å². The fraction of sp³-hybridized carbons (Fsp3) is 0.176. The molecule has 0 aliphatic carbocycles. The number of benzene rings is 2. The summed E-state index contributed by atoms with van der Waals surface area (Å²) in [5, 5.41) is 8.99. The van der Waals surface area contributed by atoms with Crippen LogP contribution >= 0.6 is 11.6 Å². The lowest BCUT2D eigenvalue weighted by molar-refractivity contribution is -0.114. The molecule has 120 valence electrons. The van der Waals surface area contributed by atoms with Gasteiger partial charge >= 0.3 is 0 Å². The monoisotopic (exact) mass is 331 g/mol. The lowest BCUT2D eigenvalue weighted by Gasteiger charge is -2.11. The molecule has 2 amide bonds. The number of halogens is 1. The third-order valence-electron chi connectivity index (χ3n) is 3.34. The fourth-order valence-electron chi connectivity index (χ4n) is 2.06. The fourth-order valence-corrected chi connectivity index (χ4v) is 2.24. The van der Waals surface area contributed by atoms with Gasteiger partial charge in [-0.25, -0.2) is 0 Å². The highest BCUT2D eigenvalue weighted by atomic mass is 35.5. The first-order valence-corrected chi connectivity index (χ1v) is 7.50. The molecule has 3 N–H and O–H groups in total. The van der Waals surface area contributed by atoms with Crippen molar-refractivity contribution in [3.05, 3.63) is 58.6 Å². The molecule has 0 aromatic heterocycles. The van der Waals surface area contributed by atoms with Crippen LogP contribution in [0, 0.1) is 6.92 Å². The quantitative estimate of drug-likeness (QED) is 0.788. The van der Waals surface area contributed by atoms with Crippen molar-refractivity contribution in [3.63, 3.8) is 0 Å². The average Bonchev–Trinajstić information content (AvgIpc) is 2.55. The molecule has 2 aromatic carbocycles. The van der Waals surface area contributed by atoms with Crippen LogP contribution in [0.3, 0.4) is 0 Å². The second-order valence-electron chi connectivity index (χ2n) is 4.97. The molecule has 0 spiro atoms. The smallest absolute Gasteiger partial charge is 0.251 e. The molecule has 0 aliphatic rings. The second-order valence-corrected chi connectivity index (χ2v) is 5.38. The summed E-state index contributed by atoms with van der Waals surface area (Å²) in [4.78, 5) is 23.6. The molecular formula is C17H18ClN3O2. The Bertz CT molecular complexity index is 732. The molecule has 0 saturated heterocycles. The molecule has 0 aliphatic heterocycles. The summed E-state index contributed by atoms with van der Waals surface area (Å²) in [6, 6.07) is 12.2. The van der Waals surface area contributed by atoms with Gasteiger partial charge in [0.1, 0.15) is 0 Å². The van der Waals surface area contributed by atoms with Crippen LogP contribution < -0.4 is 16.0 Å². The van der Waals surface area contributed by atoms with Crippen LogP contribution in [0.1, 0.15) is 15.9 Å². The van der Waals surface area contributed by atoms with Crippen LogP contribution in [-0.2, 0) is 4.79 Å². The third-order valence-corrected chi connectivity index (χ3v) is 3.75. The van der Waals surface area contributed by atoms with E-state index < -0.39 is 0 Å². The average molecular weight is 332 g/mol. The lowest BCUT2D eigenvalue weighted by atomic mass is 10.2. The van der Waals surface area contributed by atoms with Gasteiger partial charge in [-0.15, -0.1) is 0 Å². The predicted molar refractivity (Wildman–Crippen MR) is 93.1 cm³/mol. The normalized spacial score (nSPS) is 10.0. The minimum Gasteiger partial charge on any atom is -0.376 e. The van der Waals surface area contributed by atoms with Crippen molar-refractivity contribution in [2.24, 2.45) is 0 Å². The van der Waals surface area contributed by atoms with Crippen LogP contribution in [0.4, 0.5) is 11.4 Å². The van der Waals surface area contributed by atoms with Crippen LogP contribution in [0.2, 0.25) is 5.02 Å². The minimum absolute atomic E-state index is 0.103. The van der Waals surface area contributed by atoms with Crippen molar-refractivity contribution in [2.75, 3.05) is 24.2 Å². The number of rotatable bonds is 5. The van der Waals surface area contributed by atoms with Gasteiger partial charge in [0.05, 0.1) is 6.54 Å². The zero-order valence-corrected chi connectivity index (χ0v) is 13.7. The molecular weight excluding hydrogens is 314 g/mol. The van der Waals surface area contributed by atoms with Gasteiger partial charge < -0.3 is 16.0 Å². The van der Waals surface area contributed by atoms with Gasteiger partial charge in [-0.2, -0.15) is 0 Å². The zero-order valence-electron chi connectivity index (χ0n) is 12.9. The van der Waals surface area contributed by atoms with E-state index in [1.165, 1.54) is 0 Å². The molecule has 0 radical (unpaired) electrons. The topological polar surface area (TPSA) is 70.2 Å². The molecule has 6 heteroatoms. The molecule has 0 heterocycles. The first kappa shape index (κ1) is 16.8. The van der Waals surface area contributed by atoms with Crippen LogP contribution in [-0.4, -0.2) is 25.4 Å². The molecule has 0 atom stereocenters. The Morgan fingerprint density at radius 3 is 2.61 bits per heavy atom. The van der Waals surface area contributed by atoms with E-state index in [1.807, 2.05) is 19.1 Å². The summed E-state index contributed by atoms with van der Waals surface area (Å²) in [5.74, 6) is -0.410. The Morgan fingerprint density at radius 2 is 1.87 bits per heavy atom. The Hall–Kier alpha value is -2.53. The summed E-state index contributed by atoms with van der Waals surface area (Å²) in [7, 11) is 1.56. The molecule has 0 bridgehead atoms. The standard InChI is InChI=1S/C17H18ClN3O2/c1-11-14(18)7-4-8-15(11)20-10-16(22)21-13-6-3-5-12(9-13)17(23)19-2/h3-9,20H,10H2,1-2H3,(H,19,23)(H,21,22). The van der Waals surface area contributed by atoms with Crippen molar-refractivity contribution >= 4 is 34.8 Å². The first-order valence-electron chi connectivity index (χ1n) is 7.12. The molecule has 0 unspecified atom stereocenters. The first-order chi connectivity index (χ1) is 11.0. The Balaban J connectivity index is 1.97. The highest BCUT2D eigenvalue weighted by Crippen LogP contribution is 2.22. The Labute approximate surface area is 140 Å². The SMILES string of the molecule is CNC(=O)c1cccc(NC(=O)CNc2cccc(Cl)c2C)c1. The summed E-state index contributed by atoms with van der Waals surface area (Å²) >= 11 is 6.04. The maximum absolute atomic E-state index is 12.0. The summed E-state index contributed by atoms with van der Waals surface area (Å²) in [5.41, 5.74) is 2.76. The number of anilines is 2. The van der Waals surface area contributed by atoms with Crippen molar-refractivity contribution < 1.29 is 9.59 Å².